The molecule has 9 heteroatoms. The number of non-ortho nitro benzene ring substituents is 1. The van der Waals surface area contributed by atoms with Crippen LogP contribution in [0.25, 0.3) is 0 Å². The Labute approximate surface area is 140 Å². The summed E-state index contributed by atoms with van der Waals surface area (Å²) >= 11 is 0. The van der Waals surface area contributed by atoms with Gasteiger partial charge < -0.3 is 10.6 Å². The molecule has 2 N–H and O–H groups in total. The van der Waals surface area contributed by atoms with Gasteiger partial charge in [-0.15, -0.1) is 0 Å². The second-order valence-corrected chi connectivity index (χ2v) is 5.05. The third-order valence-corrected chi connectivity index (χ3v) is 3.16. The molecule has 2 aromatic carbocycles. The predicted molar refractivity (Wildman–Crippen MR) is 84.8 cm³/mol. The second kappa shape index (κ2) is 7.95. The molecule has 0 aliphatic rings. The van der Waals surface area contributed by atoms with Crippen LogP contribution in [0.3, 0.4) is 0 Å². The highest BCUT2D eigenvalue weighted by atomic mass is 19.2. The molecule has 2 aromatic rings. The number of anilines is 1. The number of nitrogens with one attached hydrogen (secondary N) is 2. The zero-order chi connectivity index (χ0) is 18.4. The zero-order valence-electron chi connectivity index (χ0n) is 12.8. The molecule has 7 nitrogen and oxygen atoms in total. The molecule has 0 aromatic heterocycles. The largest absolute Gasteiger partial charge is 0.347 e. The Morgan fingerprint density at radius 2 is 1.68 bits per heavy atom. The number of carbonyl (C=O) groups excluding carboxylic acids is 2. The number of nitro benzene ring substituents is 1. The van der Waals surface area contributed by atoms with Crippen molar-refractivity contribution >= 4 is 23.2 Å². The number of rotatable bonds is 6. The number of hydrogen-bond donors (Lipinski definition) is 2. The van der Waals surface area contributed by atoms with Crippen LogP contribution >= 0.6 is 0 Å². The molecule has 2 amide bonds. The summed E-state index contributed by atoms with van der Waals surface area (Å²) < 4.78 is 25.8. The first-order valence-corrected chi connectivity index (χ1v) is 7.10. The van der Waals surface area contributed by atoms with Gasteiger partial charge in [-0.1, -0.05) is 12.1 Å². The Bertz CT molecular complexity index is 810. The molecule has 0 radical (unpaired) electrons. The average Bonchev–Trinajstić information content (AvgIpc) is 2.57. The molecule has 2 rings (SSSR count). The Hall–Kier alpha value is -3.36. The lowest BCUT2D eigenvalue weighted by molar-refractivity contribution is -0.384. The van der Waals surface area contributed by atoms with Crippen LogP contribution in [0.4, 0.5) is 20.2 Å². The van der Waals surface area contributed by atoms with Gasteiger partial charge in [-0.3, -0.25) is 19.7 Å². The van der Waals surface area contributed by atoms with Gasteiger partial charge in [-0.2, -0.15) is 0 Å². The Balaban J connectivity index is 1.81. The third kappa shape index (κ3) is 5.34. The van der Waals surface area contributed by atoms with Crippen LogP contribution in [0.1, 0.15) is 5.56 Å². The Morgan fingerprint density at radius 3 is 2.28 bits per heavy atom. The van der Waals surface area contributed by atoms with Crippen LogP contribution < -0.4 is 10.6 Å². The first-order valence-electron chi connectivity index (χ1n) is 7.10. The van der Waals surface area contributed by atoms with E-state index in [1.165, 1.54) is 30.3 Å². The summed E-state index contributed by atoms with van der Waals surface area (Å²) in [6, 6.07) is 8.33. The van der Waals surface area contributed by atoms with E-state index in [2.05, 4.69) is 10.6 Å². The summed E-state index contributed by atoms with van der Waals surface area (Å²) in [6.45, 7) is -0.356. The molecular formula is C16H13F2N3O4. The van der Waals surface area contributed by atoms with Crippen molar-refractivity contribution in [1.29, 1.82) is 0 Å². The molecular weight excluding hydrogens is 336 g/mol. The van der Waals surface area contributed by atoms with Gasteiger partial charge in [0.2, 0.25) is 11.8 Å². The minimum absolute atomic E-state index is 0.0591. The van der Waals surface area contributed by atoms with Gasteiger partial charge in [0.15, 0.2) is 11.6 Å². The molecule has 0 spiro atoms. The van der Waals surface area contributed by atoms with Gasteiger partial charge in [0.05, 0.1) is 17.9 Å². The number of nitrogens with zero attached hydrogens (tertiary/aromatic N) is 1. The summed E-state index contributed by atoms with van der Waals surface area (Å²) in [6.07, 6.45) is -0.0591. The van der Waals surface area contributed by atoms with Crippen molar-refractivity contribution < 1.29 is 23.3 Å². The van der Waals surface area contributed by atoms with E-state index in [4.69, 9.17) is 0 Å². The Kier molecular flexibility index (Phi) is 5.72. The van der Waals surface area contributed by atoms with E-state index < -0.39 is 28.4 Å². The molecule has 0 bridgehead atoms. The highest BCUT2D eigenvalue weighted by Crippen LogP contribution is 2.13. The molecule has 25 heavy (non-hydrogen) atoms. The van der Waals surface area contributed by atoms with Gasteiger partial charge in [0.1, 0.15) is 0 Å². The SMILES string of the molecule is O=C(Cc1ccc([N+](=O)[O-])cc1)NCC(=O)Nc1ccc(F)c(F)c1. The molecule has 0 saturated carbocycles. The lowest BCUT2D eigenvalue weighted by Crippen LogP contribution is -2.33. The topological polar surface area (TPSA) is 101 Å². The van der Waals surface area contributed by atoms with Gasteiger partial charge in [0.25, 0.3) is 5.69 Å². The van der Waals surface area contributed by atoms with Crippen LogP contribution in [0, 0.1) is 21.7 Å². The summed E-state index contributed by atoms with van der Waals surface area (Å²) in [5, 5.41) is 15.2. The van der Waals surface area contributed by atoms with Crippen molar-refractivity contribution in [3.8, 4) is 0 Å². The summed E-state index contributed by atoms with van der Waals surface area (Å²) in [4.78, 5) is 33.4. The van der Waals surface area contributed by atoms with Crippen LogP contribution in [0.2, 0.25) is 0 Å². The second-order valence-electron chi connectivity index (χ2n) is 5.05. The van der Waals surface area contributed by atoms with Crippen molar-refractivity contribution in [2.24, 2.45) is 0 Å². The van der Waals surface area contributed by atoms with Crippen molar-refractivity contribution in [2.75, 3.05) is 11.9 Å². The summed E-state index contributed by atoms with van der Waals surface area (Å²) in [5.41, 5.74) is 0.521. The van der Waals surface area contributed by atoms with Crippen molar-refractivity contribution in [3.63, 3.8) is 0 Å². The Morgan fingerprint density at radius 1 is 1.00 bits per heavy atom. The minimum atomic E-state index is -1.10. The average molecular weight is 349 g/mol. The lowest BCUT2D eigenvalue weighted by Gasteiger charge is -2.07. The van der Waals surface area contributed by atoms with E-state index >= 15 is 0 Å². The highest BCUT2D eigenvalue weighted by Gasteiger charge is 2.10. The van der Waals surface area contributed by atoms with Gasteiger partial charge in [0, 0.05) is 23.9 Å². The van der Waals surface area contributed by atoms with E-state index in [1.807, 2.05) is 0 Å². The molecule has 0 aliphatic heterocycles. The summed E-state index contributed by atoms with van der Waals surface area (Å²) in [5.74, 6) is -3.20. The van der Waals surface area contributed by atoms with Crippen LogP contribution in [0.5, 0.6) is 0 Å². The number of benzene rings is 2. The quantitative estimate of drug-likeness (QED) is 0.616. The highest BCUT2D eigenvalue weighted by molar-refractivity contribution is 5.94. The number of nitro groups is 1. The fraction of sp³-hybridized carbons (Fsp3) is 0.125. The maximum atomic E-state index is 13.0. The van der Waals surface area contributed by atoms with Crippen LogP contribution in [-0.2, 0) is 16.0 Å². The molecule has 0 aliphatic carbocycles. The van der Waals surface area contributed by atoms with Crippen molar-refractivity contribution in [3.05, 3.63) is 69.8 Å². The first kappa shape index (κ1) is 18.0. The molecule has 0 heterocycles. The van der Waals surface area contributed by atoms with Gasteiger partial charge >= 0.3 is 0 Å². The van der Waals surface area contributed by atoms with Crippen LogP contribution in [-0.4, -0.2) is 23.3 Å². The van der Waals surface area contributed by atoms with E-state index in [-0.39, 0.29) is 24.3 Å². The number of halogens is 2. The normalized spacial score (nSPS) is 10.2. The fourth-order valence-corrected chi connectivity index (χ4v) is 1.94. The van der Waals surface area contributed by atoms with Crippen molar-refractivity contribution in [1.82, 2.24) is 5.32 Å². The maximum absolute atomic E-state index is 13.0. The zero-order valence-corrected chi connectivity index (χ0v) is 12.8. The molecule has 0 fully saturated rings. The van der Waals surface area contributed by atoms with E-state index in [0.29, 0.717) is 5.56 Å². The summed E-state index contributed by atoms with van der Waals surface area (Å²) in [7, 11) is 0. The van der Waals surface area contributed by atoms with E-state index in [1.54, 1.807) is 0 Å². The molecule has 0 saturated heterocycles. The van der Waals surface area contributed by atoms with E-state index in [9.17, 15) is 28.5 Å². The minimum Gasteiger partial charge on any atom is -0.347 e. The smallest absolute Gasteiger partial charge is 0.269 e. The number of carbonyl (C=O) groups is 2. The van der Waals surface area contributed by atoms with E-state index in [0.717, 1.165) is 12.1 Å². The fourth-order valence-electron chi connectivity index (χ4n) is 1.94. The van der Waals surface area contributed by atoms with Crippen LogP contribution in [0.15, 0.2) is 42.5 Å². The maximum Gasteiger partial charge on any atom is 0.269 e. The number of amides is 2. The van der Waals surface area contributed by atoms with Gasteiger partial charge in [-0.05, 0) is 17.7 Å². The number of hydrogen-bond acceptors (Lipinski definition) is 4. The standard InChI is InChI=1S/C16H13F2N3O4/c17-13-6-3-11(8-14(13)18)20-16(23)9-19-15(22)7-10-1-4-12(5-2-10)21(24)25/h1-6,8H,7,9H2,(H,19,22)(H,20,23). The first-order chi connectivity index (χ1) is 11.8. The predicted octanol–water partition coefficient (Wildman–Crippen LogP) is 2.17. The van der Waals surface area contributed by atoms with Gasteiger partial charge in [-0.25, -0.2) is 8.78 Å². The molecule has 130 valence electrons. The monoisotopic (exact) mass is 349 g/mol. The third-order valence-electron chi connectivity index (χ3n) is 3.16. The van der Waals surface area contributed by atoms with Crippen molar-refractivity contribution in [2.45, 2.75) is 6.42 Å². The molecule has 0 unspecified atom stereocenters. The molecule has 0 atom stereocenters. The lowest BCUT2D eigenvalue weighted by atomic mass is 10.1.